The van der Waals surface area contributed by atoms with Gasteiger partial charge in [-0.05, 0) is 48.6 Å². The van der Waals surface area contributed by atoms with Gasteiger partial charge in [0.2, 0.25) is 5.91 Å². The third kappa shape index (κ3) is 4.88. The summed E-state index contributed by atoms with van der Waals surface area (Å²) >= 11 is 5.25. The SMILES string of the molecule is CC(=O)NCCNC(=S)Nc1ccc(-c2c3ccc(=O)cc-3oc3cc(O)ccc23)c(O)c1. The number of hydrogen-bond donors (Lipinski definition) is 5. The van der Waals surface area contributed by atoms with Crippen molar-refractivity contribution in [2.45, 2.75) is 6.92 Å². The van der Waals surface area contributed by atoms with Gasteiger partial charge in [0.1, 0.15) is 22.8 Å². The Labute approximate surface area is 194 Å². The molecule has 2 aliphatic rings. The number of phenolic OH excluding ortho intramolecular Hbond substituents is 2. The van der Waals surface area contributed by atoms with Crippen LogP contribution in [0.15, 0.2) is 63.8 Å². The molecule has 9 heteroatoms. The predicted octanol–water partition coefficient (Wildman–Crippen LogP) is 3.40. The number of carbonyl (C=O) groups is 1. The Morgan fingerprint density at radius 3 is 2.48 bits per heavy atom. The highest BCUT2D eigenvalue weighted by Crippen LogP contribution is 2.44. The van der Waals surface area contributed by atoms with Crippen molar-refractivity contribution in [2.24, 2.45) is 0 Å². The van der Waals surface area contributed by atoms with Crippen LogP contribution in [0.5, 0.6) is 11.5 Å². The maximum absolute atomic E-state index is 11.9. The molecule has 5 N–H and O–H groups in total. The fourth-order valence-electron chi connectivity index (χ4n) is 3.56. The second-order valence-electron chi connectivity index (χ2n) is 7.41. The zero-order valence-corrected chi connectivity index (χ0v) is 18.5. The molecular weight excluding hydrogens is 442 g/mol. The lowest BCUT2D eigenvalue weighted by atomic mass is 9.93. The number of phenols is 2. The molecule has 1 aliphatic heterocycles. The summed E-state index contributed by atoms with van der Waals surface area (Å²) in [5, 5.41) is 30.4. The molecule has 0 atom stereocenters. The highest BCUT2D eigenvalue weighted by atomic mass is 32.1. The molecule has 0 bridgehead atoms. The summed E-state index contributed by atoms with van der Waals surface area (Å²) in [6.45, 7) is 2.33. The van der Waals surface area contributed by atoms with Crippen LogP contribution in [0.4, 0.5) is 5.69 Å². The largest absolute Gasteiger partial charge is 0.508 e. The van der Waals surface area contributed by atoms with Gasteiger partial charge in [-0.1, -0.05) is 0 Å². The van der Waals surface area contributed by atoms with Crippen molar-refractivity contribution in [2.75, 3.05) is 18.4 Å². The van der Waals surface area contributed by atoms with Crippen LogP contribution in [-0.4, -0.2) is 34.3 Å². The maximum Gasteiger partial charge on any atom is 0.216 e. The van der Waals surface area contributed by atoms with Crippen molar-refractivity contribution in [1.82, 2.24) is 10.6 Å². The van der Waals surface area contributed by atoms with Crippen LogP contribution >= 0.6 is 12.2 Å². The first-order valence-corrected chi connectivity index (χ1v) is 10.5. The summed E-state index contributed by atoms with van der Waals surface area (Å²) in [6.07, 6.45) is 0. The Morgan fingerprint density at radius 1 is 0.970 bits per heavy atom. The number of nitrogens with one attached hydrogen (secondary N) is 3. The highest BCUT2D eigenvalue weighted by molar-refractivity contribution is 7.80. The van der Waals surface area contributed by atoms with Gasteiger partial charge in [0.15, 0.2) is 10.5 Å². The summed E-state index contributed by atoms with van der Waals surface area (Å²) in [5.74, 6) is 0.251. The molecule has 0 fully saturated rings. The number of thiocarbonyl (C=S) groups is 1. The van der Waals surface area contributed by atoms with Crippen molar-refractivity contribution in [3.05, 3.63) is 64.8 Å². The summed E-state index contributed by atoms with van der Waals surface area (Å²) in [7, 11) is 0. The van der Waals surface area contributed by atoms with Crippen LogP contribution in [0.25, 0.3) is 33.4 Å². The predicted molar refractivity (Wildman–Crippen MR) is 131 cm³/mol. The molecule has 0 aromatic heterocycles. The molecule has 0 saturated carbocycles. The molecule has 0 saturated heterocycles. The van der Waals surface area contributed by atoms with E-state index >= 15 is 0 Å². The van der Waals surface area contributed by atoms with E-state index in [-0.39, 0.29) is 22.8 Å². The quantitative estimate of drug-likeness (QED) is 0.173. The van der Waals surface area contributed by atoms with Crippen LogP contribution in [0.3, 0.4) is 0 Å². The molecule has 2 aromatic rings. The van der Waals surface area contributed by atoms with Crippen molar-refractivity contribution < 1.29 is 19.4 Å². The molecule has 0 radical (unpaired) electrons. The number of amides is 1. The molecular formula is C24H21N3O5S. The van der Waals surface area contributed by atoms with Gasteiger partial charge in [0.25, 0.3) is 0 Å². The first-order valence-electron chi connectivity index (χ1n) is 10.1. The van der Waals surface area contributed by atoms with Crippen LogP contribution < -0.4 is 21.4 Å². The second kappa shape index (κ2) is 9.17. The van der Waals surface area contributed by atoms with Crippen LogP contribution in [0, 0.1) is 0 Å². The number of anilines is 1. The van der Waals surface area contributed by atoms with E-state index in [0.29, 0.717) is 57.3 Å². The monoisotopic (exact) mass is 463 g/mol. The van der Waals surface area contributed by atoms with Crippen molar-refractivity contribution in [3.63, 3.8) is 0 Å². The number of fused-ring (bicyclic) bond motifs is 2. The molecule has 1 heterocycles. The lowest BCUT2D eigenvalue weighted by Crippen LogP contribution is -2.35. The Morgan fingerprint density at radius 2 is 1.73 bits per heavy atom. The summed E-state index contributed by atoms with van der Waals surface area (Å²) in [4.78, 5) is 22.8. The first-order chi connectivity index (χ1) is 15.8. The first kappa shape index (κ1) is 22.1. The van der Waals surface area contributed by atoms with Crippen molar-refractivity contribution in [3.8, 4) is 33.9 Å². The Balaban J connectivity index is 1.68. The topological polar surface area (TPSA) is 124 Å². The average Bonchev–Trinajstić information content (AvgIpc) is 2.75. The lowest BCUT2D eigenvalue weighted by Gasteiger charge is -2.17. The van der Waals surface area contributed by atoms with Crippen LogP contribution in [0.1, 0.15) is 6.92 Å². The molecule has 0 unspecified atom stereocenters. The Kier molecular flexibility index (Phi) is 6.14. The minimum absolute atomic E-state index is 0.00544. The molecule has 168 valence electrons. The van der Waals surface area contributed by atoms with E-state index in [4.69, 9.17) is 16.6 Å². The fraction of sp³-hybridized carbons (Fsp3) is 0.125. The molecule has 0 spiro atoms. The minimum atomic E-state index is -0.208. The minimum Gasteiger partial charge on any atom is -0.508 e. The third-order valence-electron chi connectivity index (χ3n) is 4.99. The lowest BCUT2D eigenvalue weighted by molar-refractivity contribution is -0.118. The third-order valence-corrected chi connectivity index (χ3v) is 5.23. The van der Waals surface area contributed by atoms with Crippen molar-refractivity contribution in [1.29, 1.82) is 0 Å². The fourth-order valence-corrected chi connectivity index (χ4v) is 3.78. The van der Waals surface area contributed by atoms with E-state index in [1.54, 1.807) is 30.3 Å². The van der Waals surface area contributed by atoms with E-state index in [9.17, 15) is 19.8 Å². The number of hydrogen-bond acceptors (Lipinski definition) is 6. The van der Waals surface area contributed by atoms with Gasteiger partial charge in [-0.15, -0.1) is 0 Å². The van der Waals surface area contributed by atoms with E-state index in [2.05, 4.69) is 16.0 Å². The Hall–Kier alpha value is -4.11. The van der Waals surface area contributed by atoms with Gasteiger partial charge >= 0.3 is 0 Å². The summed E-state index contributed by atoms with van der Waals surface area (Å²) in [6, 6.07) is 14.2. The van der Waals surface area contributed by atoms with Gasteiger partial charge in [-0.2, -0.15) is 0 Å². The van der Waals surface area contributed by atoms with E-state index < -0.39 is 0 Å². The van der Waals surface area contributed by atoms with E-state index in [1.165, 1.54) is 31.2 Å². The summed E-state index contributed by atoms with van der Waals surface area (Å²) < 4.78 is 5.84. The maximum atomic E-state index is 11.9. The molecule has 1 aliphatic carbocycles. The summed E-state index contributed by atoms with van der Waals surface area (Å²) in [5.41, 5.74) is 2.60. The number of carbonyl (C=O) groups excluding carboxylic acids is 1. The van der Waals surface area contributed by atoms with Crippen LogP contribution in [0.2, 0.25) is 0 Å². The average molecular weight is 464 g/mol. The van der Waals surface area contributed by atoms with Gasteiger partial charge in [-0.3, -0.25) is 9.59 Å². The smallest absolute Gasteiger partial charge is 0.216 e. The molecule has 33 heavy (non-hydrogen) atoms. The highest BCUT2D eigenvalue weighted by Gasteiger charge is 2.20. The second-order valence-corrected chi connectivity index (χ2v) is 7.82. The van der Waals surface area contributed by atoms with Gasteiger partial charge in [-0.25, -0.2) is 0 Å². The molecule has 2 aromatic carbocycles. The van der Waals surface area contributed by atoms with Crippen LogP contribution in [-0.2, 0) is 4.79 Å². The normalized spacial score (nSPS) is 10.8. The standard InChI is InChI=1S/C24H21N3O5S/c1-13(28)25-8-9-26-24(33)27-14-2-5-17(20(31)10-14)23-18-6-3-15(29)11-21(18)32-22-12-16(30)4-7-19(22)23/h2-7,10-12,29,31H,8-9H2,1H3,(H,25,28)(H2,26,27,33). The van der Waals surface area contributed by atoms with Gasteiger partial charge in [0, 0.05) is 66.0 Å². The number of benzene rings is 3. The Bertz CT molecular complexity index is 1400. The van der Waals surface area contributed by atoms with E-state index in [0.717, 1.165) is 0 Å². The molecule has 8 nitrogen and oxygen atoms in total. The molecule has 4 rings (SSSR count). The van der Waals surface area contributed by atoms with Gasteiger partial charge < -0.3 is 30.6 Å². The zero-order valence-electron chi connectivity index (χ0n) is 17.6. The number of aromatic hydroxyl groups is 2. The zero-order chi connectivity index (χ0) is 23.5. The van der Waals surface area contributed by atoms with Gasteiger partial charge in [0.05, 0.1) is 0 Å². The van der Waals surface area contributed by atoms with E-state index in [1.807, 2.05) is 0 Å². The molecule has 1 amide bonds. The number of rotatable bonds is 5. The van der Waals surface area contributed by atoms with Crippen molar-refractivity contribution >= 4 is 39.9 Å².